The van der Waals surface area contributed by atoms with Gasteiger partial charge in [0.1, 0.15) is 5.82 Å². The van der Waals surface area contributed by atoms with Crippen LogP contribution in [-0.2, 0) is 6.54 Å². The Bertz CT molecular complexity index is 571. The van der Waals surface area contributed by atoms with Gasteiger partial charge in [0.15, 0.2) is 0 Å². The molecule has 1 heterocycles. The summed E-state index contributed by atoms with van der Waals surface area (Å²) in [5, 5.41) is 0. The van der Waals surface area contributed by atoms with E-state index in [1.165, 1.54) is 12.1 Å². The van der Waals surface area contributed by atoms with Crippen molar-refractivity contribution >= 4 is 11.0 Å². The average Bonchev–Trinajstić information content (AvgIpc) is 2.54. The van der Waals surface area contributed by atoms with E-state index >= 15 is 0 Å². The number of rotatable bonds is 4. The van der Waals surface area contributed by atoms with Crippen molar-refractivity contribution in [3.63, 3.8) is 0 Å². The standard InChI is InChI=1S/C12H16FN3O/c1-15(2)6-3-7-16-11-5-4-9(13)8-10(11)14-12(16)17/h4-5,8H,3,6-7H2,1-2H3,(H,14,17). The van der Waals surface area contributed by atoms with Gasteiger partial charge in [0.25, 0.3) is 0 Å². The molecule has 0 atom stereocenters. The first kappa shape index (κ1) is 11.9. The van der Waals surface area contributed by atoms with E-state index in [0.29, 0.717) is 12.1 Å². The van der Waals surface area contributed by atoms with Crippen molar-refractivity contribution in [2.45, 2.75) is 13.0 Å². The lowest BCUT2D eigenvalue weighted by Gasteiger charge is -2.09. The maximum absolute atomic E-state index is 13.0. The van der Waals surface area contributed by atoms with Crippen LogP contribution in [0.1, 0.15) is 6.42 Å². The number of H-pyrrole nitrogens is 1. The number of hydrogen-bond donors (Lipinski definition) is 1. The fourth-order valence-electron chi connectivity index (χ4n) is 1.90. The third-order valence-electron chi connectivity index (χ3n) is 2.72. The summed E-state index contributed by atoms with van der Waals surface area (Å²) in [5.41, 5.74) is 1.14. The number of aromatic amines is 1. The van der Waals surface area contributed by atoms with E-state index in [2.05, 4.69) is 9.88 Å². The largest absolute Gasteiger partial charge is 0.326 e. The molecule has 0 fully saturated rings. The van der Waals surface area contributed by atoms with Gasteiger partial charge < -0.3 is 9.88 Å². The molecule has 0 amide bonds. The number of aryl methyl sites for hydroxylation is 1. The molecule has 1 aromatic carbocycles. The number of nitrogens with zero attached hydrogens (tertiary/aromatic N) is 2. The van der Waals surface area contributed by atoms with Gasteiger partial charge in [0, 0.05) is 6.54 Å². The molecule has 4 nitrogen and oxygen atoms in total. The Hall–Kier alpha value is -1.62. The molecule has 0 radical (unpaired) electrons. The summed E-state index contributed by atoms with van der Waals surface area (Å²) < 4.78 is 14.6. The number of halogens is 1. The monoisotopic (exact) mass is 237 g/mol. The molecule has 0 saturated carbocycles. The van der Waals surface area contributed by atoms with E-state index in [1.807, 2.05) is 14.1 Å². The summed E-state index contributed by atoms with van der Waals surface area (Å²) in [6, 6.07) is 4.36. The molecule has 0 aliphatic carbocycles. The Labute approximate surface area is 98.7 Å². The van der Waals surface area contributed by atoms with E-state index in [-0.39, 0.29) is 11.5 Å². The first-order valence-electron chi connectivity index (χ1n) is 5.61. The fraction of sp³-hybridized carbons (Fsp3) is 0.417. The molecule has 0 unspecified atom stereocenters. The summed E-state index contributed by atoms with van der Waals surface area (Å²) in [7, 11) is 3.99. The molecule has 2 rings (SSSR count). The molecule has 2 aromatic rings. The lowest BCUT2D eigenvalue weighted by Crippen LogP contribution is -2.20. The van der Waals surface area contributed by atoms with Crippen LogP contribution >= 0.6 is 0 Å². The van der Waals surface area contributed by atoms with Crippen LogP contribution in [0.3, 0.4) is 0 Å². The molecule has 0 aliphatic rings. The number of fused-ring (bicyclic) bond motifs is 1. The highest BCUT2D eigenvalue weighted by atomic mass is 19.1. The van der Waals surface area contributed by atoms with Crippen molar-refractivity contribution in [1.29, 1.82) is 0 Å². The number of aromatic nitrogens is 2. The van der Waals surface area contributed by atoms with Gasteiger partial charge in [-0.2, -0.15) is 0 Å². The first-order valence-corrected chi connectivity index (χ1v) is 5.61. The van der Waals surface area contributed by atoms with Crippen molar-refractivity contribution in [2.24, 2.45) is 0 Å². The van der Waals surface area contributed by atoms with Crippen LogP contribution in [0.4, 0.5) is 4.39 Å². The van der Waals surface area contributed by atoms with Gasteiger partial charge in [0.2, 0.25) is 0 Å². The summed E-state index contributed by atoms with van der Waals surface area (Å²) in [6.45, 7) is 1.56. The lowest BCUT2D eigenvalue weighted by molar-refractivity contribution is 0.386. The van der Waals surface area contributed by atoms with Crippen molar-refractivity contribution in [3.8, 4) is 0 Å². The van der Waals surface area contributed by atoms with Crippen molar-refractivity contribution in [1.82, 2.24) is 14.5 Å². The smallest absolute Gasteiger partial charge is 0.309 e. The van der Waals surface area contributed by atoms with Crippen LogP contribution in [-0.4, -0.2) is 35.1 Å². The van der Waals surface area contributed by atoms with Crippen LogP contribution in [0.15, 0.2) is 23.0 Å². The van der Waals surface area contributed by atoms with Crippen molar-refractivity contribution < 1.29 is 4.39 Å². The second kappa shape index (κ2) is 4.71. The number of hydrogen-bond acceptors (Lipinski definition) is 2. The zero-order valence-electron chi connectivity index (χ0n) is 10.0. The Morgan fingerprint density at radius 3 is 2.88 bits per heavy atom. The quantitative estimate of drug-likeness (QED) is 0.873. The van der Waals surface area contributed by atoms with E-state index in [4.69, 9.17) is 0 Å². The van der Waals surface area contributed by atoms with Gasteiger partial charge in [-0.15, -0.1) is 0 Å². The van der Waals surface area contributed by atoms with Gasteiger partial charge in [-0.3, -0.25) is 4.57 Å². The van der Waals surface area contributed by atoms with E-state index in [0.717, 1.165) is 18.5 Å². The zero-order chi connectivity index (χ0) is 12.4. The summed E-state index contributed by atoms with van der Waals surface area (Å²) in [5.74, 6) is -0.334. The molecular formula is C12H16FN3O. The minimum atomic E-state index is -0.334. The van der Waals surface area contributed by atoms with Crippen LogP contribution in [0.2, 0.25) is 0 Å². The third-order valence-corrected chi connectivity index (χ3v) is 2.72. The molecule has 0 spiro atoms. The Kier molecular flexibility index (Phi) is 3.28. The number of nitrogens with one attached hydrogen (secondary N) is 1. The normalized spacial score (nSPS) is 11.5. The summed E-state index contributed by atoms with van der Waals surface area (Å²) in [6.07, 6.45) is 0.886. The predicted octanol–water partition coefficient (Wildman–Crippen LogP) is 1.42. The molecule has 0 saturated heterocycles. The van der Waals surface area contributed by atoms with E-state index < -0.39 is 0 Å². The molecule has 17 heavy (non-hydrogen) atoms. The first-order chi connectivity index (χ1) is 8.08. The Morgan fingerprint density at radius 1 is 1.41 bits per heavy atom. The molecule has 0 aliphatic heterocycles. The Balaban J connectivity index is 2.27. The topological polar surface area (TPSA) is 41.0 Å². The minimum absolute atomic E-state index is 0.177. The van der Waals surface area contributed by atoms with Crippen LogP contribution in [0.25, 0.3) is 11.0 Å². The highest BCUT2D eigenvalue weighted by molar-refractivity contribution is 5.75. The lowest BCUT2D eigenvalue weighted by atomic mass is 10.3. The zero-order valence-corrected chi connectivity index (χ0v) is 10.0. The van der Waals surface area contributed by atoms with E-state index in [9.17, 15) is 9.18 Å². The molecule has 0 bridgehead atoms. The van der Waals surface area contributed by atoms with Crippen LogP contribution < -0.4 is 5.69 Å². The highest BCUT2D eigenvalue weighted by Gasteiger charge is 2.06. The van der Waals surface area contributed by atoms with Crippen molar-refractivity contribution in [2.75, 3.05) is 20.6 Å². The predicted molar refractivity (Wildman–Crippen MR) is 65.7 cm³/mol. The fourth-order valence-corrected chi connectivity index (χ4v) is 1.90. The molecule has 5 heteroatoms. The summed E-state index contributed by atoms with van der Waals surface area (Å²) in [4.78, 5) is 16.4. The van der Waals surface area contributed by atoms with Crippen LogP contribution in [0.5, 0.6) is 0 Å². The van der Waals surface area contributed by atoms with Gasteiger partial charge in [-0.05, 0) is 45.3 Å². The molecular weight excluding hydrogens is 221 g/mol. The second-order valence-corrected chi connectivity index (χ2v) is 4.40. The third kappa shape index (κ3) is 2.55. The van der Waals surface area contributed by atoms with Gasteiger partial charge in [-0.1, -0.05) is 0 Å². The Morgan fingerprint density at radius 2 is 2.18 bits per heavy atom. The summed E-state index contributed by atoms with van der Waals surface area (Å²) >= 11 is 0. The van der Waals surface area contributed by atoms with Crippen molar-refractivity contribution in [3.05, 3.63) is 34.5 Å². The van der Waals surface area contributed by atoms with E-state index in [1.54, 1.807) is 10.6 Å². The SMILES string of the molecule is CN(C)CCCn1c(=O)[nH]c2cc(F)ccc21. The average molecular weight is 237 g/mol. The second-order valence-electron chi connectivity index (χ2n) is 4.40. The van der Waals surface area contributed by atoms with Gasteiger partial charge in [0.05, 0.1) is 11.0 Å². The number of imidazole rings is 1. The number of benzene rings is 1. The van der Waals surface area contributed by atoms with Crippen LogP contribution in [0, 0.1) is 5.82 Å². The van der Waals surface area contributed by atoms with Gasteiger partial charge in [-0.25, -0.2) is 9.18 Å². The molecule has 1 N–H and O–H groups in total. The highest BCUT2D eigenvalue weighted by Crippen LogP contribution is 2.12. The maximum atomic E-state index is 13.0. The molecule has 92 valence electrons. The van der Waals surface area contributed by atoms with Gasteiger partial charge >= 0.3 is 5.69 Å². The minimum Gasteiger partial charge on any atom is -0.309 e. The maximum Gasteiger partial charge on any atom is 0.326 e. The molecule has 1 aromatic heterocycles.